The molecule has 1 N–H and O–H groups in total. The molecule has 76 valence electrons. The van der Waals surface area contributed by atoms with E-state index in [1.807, 2.05) is 30.3 Å². The standard InChI is InChI=1S/C11H10N2OS/c14-11-12-10(15)6-7-13(11)8-9-4-2-1-3-5-9/h1-7H,8H2,(H,12,14,15). The van der Waals surface area contributed by atoms with Crippen LogP contribution in [-0.2, 0) is 6.54 Å². The predicted octanol–water partition coefficient (Wildman–Crippen LogP) is 1.95. The van der Waals surface area contributed by atoms with Crippen LogP contribution in [0.3, 0.4) is 0 Å². The van der Waals surface area contributed by atoms with Crippen LogP contribution < -0.4 is 5.69 Å². The number of H-pyrrole nitrogens is 1. The van der Waals surface area contributed by atoms with Crippen LogP contribution in [0.2, 0.25) is 0 Å². The van der Waals surface area contributed by atoms with E-state index in [0.29, 0.717) is 11.2 Å². The van der Waals surface area contributed by atoms with Crippen LogP contribution in [0.1, 0.15) is 5.56 Å². The third-order valence-corrected chi connectivity index (χ3v) is 2.33. The minimum atomic E-state index is -0.175. The van der Waals surface area contributed by atoms with Crippen molar-refractivity contribution in [1.29, 1.82) is 0 Å². The van der Waals surface area contributed by atoms with Gasteiger partial charge in [0.25, 0.3) is 0 Å². The van der Waals surface area contributed by atoms with Gasteiger partial charge in [-0.25, -0.2) is 4.79 Å². The molecule has 0 aliphatic rings. The van der Waals surface area contributed by atoms with Gasteiger partial charge in [-0.2, -0.15) is 0 Å². The molecule has 0 spiro atoms. The lowest BCUT2D eigenvalue weighted by molar-refractivity contribution is 0.724. The Labute approximate surface area is 92.0 Å². The van der Waals surface area contributed by atoms with E-state index in [0.717, 1.165) is 5.56 Å². The highest BCUT2D eigenvalue weighted by atomic mass is 32.1. The molecule has 0 unspecified atom stereocenters. The molecule has 0 radical (unpaired) electrons. The zero-order valence-corrected chi connectivity index (χ0v) is 8.83. The SMILES string of the molecule is O=c1[nH]c(=S)ccn1Cc1ccccc1. The summed E-state index contributed by atoms with van der Waals surface area (Å²) >= 11 is 4.85. The van der Waals surface area contributed by atoms with Gasteiger partial charge < -0.3 is 0 Å². The van der Waals surface area contributed by atoms with Crippen molar-refractivity contribution in [2.45, 2.75) is 6.54 Å². The molecule has 3 nitrogen and oxygen atoms in total. The number of hydrogen-bond donors (Lipinski definition) is 1. The first-order chi connectivity index (χ1) is 7.25. The van der Waals surface area contributed by atoms with Gasteiger partial charge in [0.1, 0.15) is 4.64 Å². The number of aromatic nitrogens is 2. The topological polar surface area (TPSA) is 37.8 Å². The Kier molecular flexibility index (Phi) is 2.78. The van der Waals surface area contributed by atoms with Crippen LogP contribution in [0.4, 0.5) is 0 Å². The fourth-order valence-electron chi connectivity index (χ4n) is 1.35. The molecule has 1 aromatic heterocycles. The number of nitrogens with one attached hydrogen (secondary N) is 1. The predicted molar refractivity (Wildman–Crippen MR) is 61.4 cm³/mol. The van der Waals surface area contributed by atoms with E-state index < -0.39 is 0 Å². The van der Waals surface area contributed by atoms with Gasteiger partial charge in [-0.3, -0.25) is 9.55 Å². The second-order valence-corrected chi connectivity index (χ2v) is 3.66. The summed E-state index contributed by atoms with van der Waals surface area (Å²) in [5.41, 5.74) is 0.913. The largest absolute Gasteiger partial charge is 0.326 e. The molecule has 0 amide bonds. The lowest BCUT2D eigenvalue weighted by atomic mass is 10.2. The highest BCUT2D eigenvalue weighted by Gasteiger charge is 1.96. The van der Waals surface area contributed by atoms with E-state index >= 15 is 0 Å². The summed E-state index contributed by atoms with van der Waals surface area (Å²) in [6.07, 6.45) is 1.70. The zero-order valence-electron chi connectivity index (χ0n) is 8.01. The molecule has 1 heterocycles. The van der Waals surface area contributed by atoms with Crippen LogP contribution in [0.5, 0.6) is 0 Å². The molecule has 1 aromatic carbocycles. The average Bonchev–Trinajstić information content (AvgIpc) is 2.24. The van der Waals surface area contributed by atoms with E-state index in [2.05, 4.69) is 4.98 Å². The molecule has 0 bridgehead atoms. The molecule has 0 aliphatic heterocycles. The van der Waals surface area contributed by atoms with E-state index in [9.17, 15) is 4.79 Å². The molecule has 0 fully saturated rings. The van der Waals surface area contributed by atoms with Crippen molar-refractivity contribution in [2.75, 3.05) is 0 Å². The van der Waals surface area contributed by atoms with Gasteiger partial charge >= 0.3 is 5.69 Å². The molecule has 0 saturated carbocycles. The van der Waals surface area contributed by atoms with Crippen LogP contribution in [0.25, 0.3) is 0 Å². The quantitative estimate of drug-likeness (QED) is 0.782. The van der Waals surface area contributed by atoms with Gasteiger partial charge in [0.15, 0.2) is 0 Å². The molecular weight excluding hydrogens is 208 g/mol. The van der Waals surface area contributed by atoms with Crippen LogP contribution >= 0.6 is 12.2 Å². The Morgan fingerprint density at radius 3 is 2.60 bits per heavy atom. The first-order valence-corrected chi connectivity index (χ1v) is 5.00. The average molecular weight is 218 g/mol. The Balaban J connectivity index is 2.33. The van der Waals surface area contributed by atoms with Gasteiger partial charge in [-0.15, -0.1) is 0 Å². The van der Waals surface area contributed by atoms with E-state index in [4.69, 9.17) is 12.2 Å². The zero-order chi connectivity index (χ0) is 10.7. The molecule has 2 aromatic rings. The molecule has 0 atom stereocenters. The maximum absolute atomic E-state index is 11.5. The lowest BCUT2D eigenvalue weighted by Crippen LogP contribution is -2.22. The fourth-order valence-corrected chi connectivity index (χ4v) is 1.50. The molecule has 2 rings (SSSR count). The second-order valence-electron chi connectivity index (χ2n) is 3.22. The van der Waals surface area contributed by atoms with Crippen molar-refractivity contribution in [3.8, 4) is 0 Å². The Morgan fingerprint density at radius 2 is 1.93 bits per heavy atom. The monoisotopic (exact) mass is 218 g/mol. The Morgan fingerprint density at radius 1 is 1.20 bits per heavy atom. The van der Waals surface area contributed by atoms with Crippen molar-refractivity contribution in [3.63, 3.8) is 0 Å². The fraction of sp³-hybridized carbons (Fsp3) is 0.0909. The summed E-state index contributed by atoms with van der Waals surface area (Å²) in [6.45, 7) is 0.561. The highest BCUT2D eigenvalue weighted by molar-refractivity contribution is 7.71. The van der Waals surface area contributed by atoms with Crippen molar-refractivity contribution in [1.82, 2.24) is 9.55 Å². The van der Waals surface area contributed by atoms with Crippen LogP contribution in [-0.4, -0.2) is 9.55 Å². The third-order valence-electron chi connectivity index (χ3n) is 2.09. The Hall–Kier alpha value is -1.68. The number of nitrogens with zero attached hydrogens (tertiary/aromatic N) is 1. The number of aromatic amines is 1. The second kappa shape index (κ2) is 4.23. The molecule has 0 saturated heterocycles. The molecule has 4 heteroatoms. The number of hydrogen-bond acceptors (Lipinski definition) is 2. The number of rotatable bonds is 2. The number of benzene rings is 1. The highest BCUT2D eigenvalue weighted by Crippen LogP contribution is 1.99. The molecule has 0 aliphatic carbocycles. The van der Waals surface area contributed by atoms with Crippen molar-refractivity contribution in [2.24, 2.45) is 0 Å². The van der Waals surface area contributed by atoms with Gasteiger partial charge in [0.2, 0.25) is 0 Å². The van der Waals surface area contributed by atoms with Gasteiger partial charge in [-0.05, 0) is 11.6 Å². The minimum absolute atomic E-state index is 0.175. The van der Waals surface area contributed by atoms with Crippen molar-refractivity contribution >= 4 is 12.2 Å². The summed E-state index contributed by atoms with van der Waals surface area (Å²) in [5, 5.41) is 0. The van der Waals surface area contributed by atoms with Crippen molar-refractivity contribution < 1.29 is 0 Å². The van der Waals surface area contributed by atoms with Crippen LogP contribution in [0.15, 0.2) is 47.4 Å². The van der Waals surface area contributed by atoms with Crippen molar-refractivity contribution in [3.05, 3.63) is 63.3 Å². The Bertz CT molecular complexity index is 557. The van der Waals surface area contributed by atoms with Gasteiger partial charge in [0.05, 0.1) is 6.54 Å². The first kappa shape index (κ1) is 9.86. The summed E-state index contributed by atoms with van der Waals surface area (Å²) in [5.74, 6) is 0. The maximum Gasteiger partial charge on any atom is 0.326 e. The molecule has 15 heavy (non-hydrogen) atoms. The van der Waals surface area contributed by atoms with E-state index in [-0.39, 0.29) is 5.69 Å². The first-order valence-electron chi connectivity index (χ1n) is 4.59. The smallest absolute Gasteiger partial charge is 0.298 e. The van der Waals surface area contributed by atoms with Crippen LogP contribution in [0, 0.1) is 4.64 Å². The molecular formula is C11H10N2OS. The van der Waals surface area contributed by atoms with E-state index in [1.54, 1.807) is 16.8 Å². The van der Waals surface area contributed by atoms with Gasteiger partial charge in [-0.1, -0.05) is 42.5 Å². The maximum atomic E-state index is 11.5. The lowest BCUT2D eigenvalue weighted by Gasteiger charge is -2.04. The third kappa shape index (κ3) is 2.41. The van der Waals surface area contributed by atoms with E-state index in [1.165, 1.54) is 0 Å². The summed E-state index contributed by atoms with van der Waals surface area (Å²) in [6, 6.07) is 11.5. The summed E-state index contributed by atoms with van der Waals surface area (Å²) in [4.78, 5) is 14.1. The normalized spacial score (nSPS) is 10.1. The van der Waals surface area contributed by atoms with Gasteiger partial charge in [0, 0.05) is 6.20 Å². The summed E-state index contributed by atoms with van der Waals surface area (Å²) < 4.78 is 2.05. The minimum Gasteiger partial charge on any atom is -0.298 e. The summed E-state index contributed by atoms with van der Waals surface area (Å²) in [7, 11) is 0.